The molecule has 2 amide bonds. The van der Waals surface area contributed by atoms with Crippen molar-refractivity contribution in [3.63, 3.8) is 0 Å². The molecule has 0 aliphatic carbocycles. The van der Waals surface area contributed by atoms with E-state index in [0.717, 1.165) is 29.8 Å². The van der Waals surface area contributed by atoms with Crippen molar-refractivity contribution in [2.45, 2.75) is 32.6 Å². The van der Waals surface area contributed by atoms with Gasteiger partial charge in [0.1, 0.15) is 5.75 Å². The van der Waals surface area contributed by atoms with Gasteiger partial charge in [0.05, 0.1) is 6.61 Å². The molecule has 0 aliphatic heterocycles. The number of aryl methyl sites for hydroxylation is 1. The molecule has 0 aromatic heterocycles. The lowest BCUT2D eigenvalue weighted by molar-refractivity contribution is -0.128. The minimum Gasteiger partial charge on any atom is -0.494 e. The summed E-state index contributed by atoms with van der Waals surface area (Å²) in [6.45, 7) is 2.80. The smallest absolute Gasteiger partial charge is 0.255 e. The van der Waals surface area contributed by atoms with E-state index in [-0.39, 0.29) is 11.8 Å². The number of amides is 2. The van der Waals surface area contributed by atoms with Gasteiger partial charge in [-0.25, -0.2) is 0 Å². The standard InChI is InChI=1S/C22H28N2O3/c1-4-5-15-27-20-12-10-18(11-13-20)22(26)23-19-8-6-7-17(16-19)9-14-21(25)24(2)3/h6-8,10-13,16H,4-5,9,14-15H2,1-3H3,(H,23,26). The van der Waals surface area contributed by atoms with E-state index < -0.39 is 0 Å². The van der Waals surface area contributed by atoms with Crippen LogP contribution in [0.5, 0.6) is 5.75 Å². The number of carbonyl (C=O) groups is 2. The molecule has 2 rings (SSSR count). The number of nitrogens with zero attached hydrogens (tertiary/aromatic N) is 1. The fourth-order valence-electron chi connectivity index (χ4n) is 2.52. The number of hydrogen-bond donors (Lipinski definition) is 1. The van der Waals surface area contributed by atoms with Crippen LogP contribution in [0.3, 0.4) is 0 Å². The van der Waals surface area contributed by atoms with Crippen LogP contribution < -0.4 is 10.1 Å². The van der Waals surface area contributed by atoms with Gasteiger partial charge in [0.15, 0.2) is 0 Å². The van der Waals surface area contributed by atoms with Gasteiger partial charge >= 0.3 is 0 Å². The van der Waals surface area contributed by atoms with Crippen LogP contribution in [0.2, 0.25) is 0 Å². The van der Waals surface area contributed by atoms with Crippen LogP contribution in [0.15, 0.2) is 48.5 Å². The average molecular weight is 368 g/mol. The number of unbranched alkanes of at least 4 members (excludes halogenated alkanes) is 1. The van der Waals surface area contributed by atoms with Gasteiger partial charge in [-0.05, 0) is 54.8 Å². The first-order chi connectivity index (χ1) is 13.0. The number of benzene rings is 2. The first-order valence-corrected chi connectivity index (χ1v) is 9.33. The zero-order valence-corrected chi connectivity index (χ0v) is 16.3. The molecule has 2 aromatic carbocycles. The molecule has 0 aliphatic rings. The Morgan fingerprint density at radius 1 is 1.07 bits per heavy atom. The highest BCUT2D eigenvalue weighted by atomic mass is 16.5. The quantitative estimate of drug-likeness (QED) is 0.677. The minimum atomic E-state index is -0.170. The molecule has 5 nitrogen and oxygen atoms in total. The maximum Gasteiger partial charge on any atom is 0.255 e. The lowest BCUT2D eigenvalue weighted by Gasteiger charge is -2.11. The third-order valence-electron chi connectivity index (χ3n) is 4.19. The maximum atomic E-state index is 12.4. The zero-order valence-electron chi connectivity index (χ0n) is 16.3. The molecule has 0 radical (unpaired) electrons. The topological polar surface area (TPSA) is 58.6 Å². The highest BCUT2D eigenvalue weighted by Crippen LogP contribution is 2.16. The SMILES string of the molecule is CCCCOc1ccc(C(=O)Nc2cccc(CCC(=O)N(C)C)c2)cc1. The molecule has 0 unspecified atom stereocenters. The van der Waals surface area contributed by atoms with Crippen LogP contribution in [0.1, 0.15) is 42.1 Å². The van der Waals surface area contributed by atoms with Gasteiger partial charge in [0, 0.05) is 31.8 Å². The fraction of sp³-hybridized carbons (Fsp3) is 0.364. The Bertz CT molecular complexity index is 754. The monoisotopic (exact) mass is 368 g/mol. The molecule has 27 heavy (non-hydrogen) atoms. The Hall–Kier alpha value is -2.82. The van der Waals surface area contributed by atoms with Crippen molar-refractivity contribution >= 4 is 17.5 Å². The summed E-state index contributed by atoms with van der Waals surface area (Å²) in [6, 6.07) is 14.7. The van der Waals surface area contributed by atoms with Crippen LogP contribution in [0.4, 0.5) is 5.69 Å². The van der Waals surface area contributed by atoms with Crippen molar-refractivity contribution in [3.05, 3.63) is 59.7 Å². The van der Waals surface area contributed by atoms with Crippen LogP contribution in [-0.2, 0) is 11.2 Å². The van der Waals surface area contributed by atoms with Crippen molar-refractivity contribution in [3.8, 4) is 5.75 Å². The number of ether oxygens (including phenoxy) is 1. The van der Waals surface area contributed by atoms with Crippen LogP contribution >= 0.6 is 0 Å². The van der Waals surface area contributed by atoms with E-state index in [1.807, 2.05) is 36.4 Å². The first-order valence-electron chi connectivity index (χ1n) is 9.33. The third kappa shape index (κ3) is 6.77. The Morgan fingerprint density at radius 3 is 2.48 bits per heavy atom. The van der Waals surface area contributed by atoms with Crippen molar-refractivity contribution < 1.29 is 14.3 Å². The first kappa shape index (κ1) is 20.5. The van der Waals surface area contributed by atoms with Gasteiger partial charge in [0.2, 0.25) is 5.91 Å². The minimum absolute atomic E-state index is 0.0886. The molecule has 0 saturated heterocycles. The summed E-state index contributed by atoms with van der Waals surface area (Å²) in [4.78, 5) is 25.7. The van der Waals surface area contributed by atoms with Gasteiger partial charge in [-0.2, -0.15) is 0 Å². The van der Waals surface area contributed by atoms with E-state index in [1.165, 1.54) is 0 Å². The number of anilines is 1. The number of nitrogens with one attached hydrogen (secondary N) is 1. The predicted octanol–water partition coefficient (Wildman–Crippen LogP) is 4.14. The van der Waals surface area contributed by atoms with E-state index in [1.54, 1.807) is 31.1 Å². The Morgan fingerprint density at radius 2 is 1.81 bits per heavy atom. The number of carbonyl (C=O) groups excluding carboxylic acids is 2. The van der Waals surface area contributed by atoms with Crippen LogP contribution in [0, 0.1) is 0 Å². The molecule has 0 atom stereocenters. The summed E-state index contributed by atoms with van der Waals surface area (Å²) in [5.74, 6) is 0.690. The predicted molar refractivity (Wildman–Crippen MR) is 108 cm³/mol. The van der Waals surface area contributed by atoms with Crippen molar-refractivity contribution in [1.29, 1.82) is 0 Å². The average Bonchev–Trinajstić information content (AvgIpc) is 2.67. The van der Waals surface area contributed by atoms with E-state index in [9.17, 15) is 9.59 Å². The molecule has 0 fully saturated rings. The van der Waals surface area contributed by atoms with E-state index >= 15 is 0 Å². The highest BCUT2D eigenvalue weighted by Gasteiger charge is 2.08. The summed E-state index contributed by atoms with van der Waals surface area (Å²) >= 11 is 0. The second-order valence-electron chi connectivity index (χ2n) is 6.67. The third-order valence-corrected chi connectivity index (χ3v) is 4.19. The van der Waals surface area contributed by atoms with E-state index in [2.05, 4.69) is 12.2 Å². The van der Waals surface area contributed by atoms with Gasteiger partial charge in [0.25, 0.3) is 5.91 Å². The number of rotatable bonds is 9. The number of hydrogen-bond acceptors (Lipinski definition) is 3. The van der Waals surface area contributed by atoms with E-state index in [0.29, 0.717) is 25.0 Å². The molecule has 0 heterocycles. The zero-order chi connectivity index (χ0) is 19.6. The van der Waals surface area contributed by atoms with Gasteiger partial charge in [-0.3, -0.25) is 9.59 Å². The lowest BCUT2D eigenvalue weighted by Crippen LogP contribution is -2.21. The molecule has 2 aromatic rings. The van der Waals surface area contributed by atoms with Gasteiger partial charge in [-0.15, -0.1) is 0 Å². The Balaban J connectivity index is 1.93. The molecule has 5 heteroatoms. The summed E-state index contributed by atoms with van der Waals surface area (Å²) in [5.41, 5.74) is 2.31. The molecule has 144 valence electrons. The molecular weight excluding hydrogens is 340 g/mol. The Kier molecular flexibility index (Phi) is 7.86. The van der Waals surface area contributed by atoms with E-state index in [4.69, 9.17) is 4.74 Å². The van der Waals surface area contributed by atoms with Gasteiger partial charge in [-0.1, -0.05) is 25.5 Å². The summed E-state index contributed by atoms with van der Waals surface area (Å²) in [5, 5.41) is 2.91. The second kappa shape index (κ2) is 10.4. The molecule has 0 spiro atoms. The van der Waals surface area contributed by atoms with Crippen molar-refractivity contribution in [2.75, 3.05) is 26.0 Å². The van der Waals surface area contributed by atoms with Crippen LogP contribution in [0.25, 0.3) is 0 Å². The summed E-state index contributed by atoms with van der Waals surface area (Å²) in [7, 11) is 3.50. The molecule has 1 N–H and O–H groups in total. The largest absolute Gasteiger partial charge is 0.494 e. The Labute approximate surface area is 161 Å². The molecule has 0 saturated carbocycles. The second-order valence-corrected chi connectivity index (χ2v) is 6.67. The highest BCUT2D eigenvalue weighted by molar-refractivity contribution is 6.04. The van der Waals surface area contributed by atoms with Crippen molar-refractivity contribution in [1.82, 2.24) is 4.90 Å². The van der Waals surface area contributed by atoms with Gasteiger partial charge < -0.3 is 15.0 Å². The molecular formula is C22H28N2O3. The summed E-state index contributed by atoms with van der Waals surface area (Å²) in [6.07, 6.45) is 3.19. The summed E-state index contributed by atoms with van der Waals surface area (Å²) < 4.78 is 5.62. The lowest BCUT2D eigenvalue weighted by atomic mass is 10.1. The molecule has 0 bridgehead atoms. The normalized spacial score (nSPS) is 10.3. The fourth-order valence-corrected chi connectivity index (χ4v) is 2.52. The maximum absolute atomic E-state index is 12.4. The van der Waals surface area contributed by atoms with Crippen LogP contribution in [-0.4, -0.2) is 37.4 Å². The van der Waals surface area contributed by atoms with Crippen molar-refractivity contribution in [2.24, 2.45) is 0 Å².